The second kappa shape index (κ2) is 18.8. The van der Waals surface area contributed by atoms with Crippen LogP contribution in [0, 0.1) is 0 Å². The molecule has 0 saturated carbocycles. The summed E-state index contributed by atoms with van der Waals surface area (Å²) in [5, 5.41) is 3.13. The van der Waals surface area contributed by atoms with Gasteiger partial charge in [0.2, 0.25) is 0 Å². The standard InChI is InChI=1S/C33H58N2O3/c1-6-8-10-12-14-23-37-27-31(38-24-15-13-11-9-7-2)26-34-32(36)30-18-16-17-29(25-30)28-19-21-35(22-20-28)33(3,4)5/h16-18,25,28,31H,6-15,19-24,26-27H2,1-5H3,(H,34,36). The lowest BCUT2D eigenvalue weighted by Gasteiger charge is -2.41. The van der Waals surface area contributed by atoms with E-state index in [0.29, 0.717) is 19.1 Å². The van der Waals surface area contributed by atoms with Crippen molar-refractivity contribution in [1.29, 1.82) is 0 Å². The Morgan fingerprint density at radius 3 is 2.21 bits per heavy atom. The maximum atomic E-state index is 13.1. The predicted molar refractivity (Wildman–Crippen MR) is 160 cm³/mol. The average molecular weight is 531 g/mol. The lowest BCUT2D eigenvalue weighted by Crippen LogP contribution is -2.45. The zero-order chi connectivity index (χ0) is 27.6. The molecule has 0 aromatic heterocycles. The summed E-state index contributed by atoms with van der Waals surface area (Å²) < 4.78 is 12.1. The lowest BCUT2D eigenvalue weighted by molar-refractivity contribution is -0.0170. The van der Waals surface area contributed by atoms with Crippen LogP contribution in [-0.4, -0.2) is 61.9 Å². The van der Waals surface area contributed by atoms with Gasteiger partial charge in [-0.15, -0.1) is 0 Å². The normalized spacial score (nSPS) is 16.0. The fourth-order valence-corrected chi connectivity index (χ4v) is 5.27. The molecule has 1 unspecified atom stereocenters. The van der Waals surface area contributed by atoms with Gasteiger partial charge in [0.25, 0.3) is 5.91 Å². The van der Waals surface area contributed by atoms with Crippen LogP contribution in [0.25, 0.3) is 0 Å². The Bertz CT molecular complexity index is 753. The van der Waals surface area contributed by atoms with Crippen molar-refractivity contribution in [2.24, 2.45) is 0 Å². The largest absolute Gasteiger partial charge is 0.379 e. The van der Waals surface area contributed by atoms with Gasteiger partial charge in [-0.25, -0.2) is 0 Å². The Balaban J connectivity index is 1.83. The molecular formula is C33H58N2O3. The van der Waals surface area contributed by atoms with Crippen molar-refractivity contribution in [3.8, 4) is 0 Å². The van der Waals surface area contributed by atoms with Gasteiger partial charge in [-0.2, -0.15) is 0 Å². The molecule has 0 bridgehead atoms. The summed E-state index contributed by atoms with van der Waals surface area (Å²) in [6, 6.07) is 8.25. The number of carbonyl (C=O) groups excluding carboxylic acids is 1. The van der Waals surface area contributed by atoms with Gasteiger partial charge in [-0.05, 0) is 83.2 Å². The van der Waals surface area contributed by atoms with Crippen LogP contribution >= 0.6 is 0 Å². The van der Waals surface area contributed by atoms with Crippen LogP contribution in [0.1, 0.15) is 134 Å². The number of hydrogen-bond donors (Lipinski definition) is 1. The highest BCUT2D eigenvalue weighted by atomic mass is 16.5. The molecule has 1 amide bonds. The van der Waals surface area contributed by atoms with Gasteiger partial charge in [0, 0.05) is 30.9 Å². The molecule has 5 nitrogen and oxygen atoms in total. The molecule has 1 aliphatic rings. The number of benzene rings is 1. The van der Waals surface area contributed by atoms with Crippen LogP contribution in [-0.2, 0) is 9.47 Å². The Hall–Kier alpha value is -1.43. The van der Waals surface area contributed by atoms with E-state index in [9.17, 15) is 4.79 Å². The van der Waals surface area contributed by atoms with Crippen molar-refractivity contribution in [2.45, 2.75) is 129 Å². The molecule has 1 atom stereocenters. The number of nitrogens with zero attached hydrogens (tertiary/aromatic N) is 1. The van der Waals surface area contributed by atoms with Crippen LogP contribution in [0.4, 0.5) is 0 Å². The second-order valence-corrected chi connectivity index (χ2v) is 12.2. The van der Waals surface area contributed by atoms with Crippen LogP contribution in [0.5, 0.6) is 0 Å². The monoisotopic (exact) mass is 530 g/mol. The Morgan fingerprint density at radius 1 is 0.947 bits per heavy atom. The quantitative estimate of drug-likeness (QED) is 0.186. The molecule has 1 aliphatic heterocycles. The fourth-order valence-electron chi connectivity index (χ4n) is 5.27. The van der Waals surface area contributed by atoms with Crippen LogP contribution in [0.3, 0.4) is 0 Å². The molecule has 1 heterocycles. The van der Waals surface area contributed by atoms with Crippen LogP contribution in [0.15, 0.2) is 24.3 Å². The van der Waals surface area contributed by atoms with E-state index in [0.717, 1.165) is 57.6 Å². The van der Waals surface area contributed by atoms with Crippen molar-refractivity contribution >= 4 is 5.91 Å². The minimum Gasteiger partial charge on any atom is -0.379 e. The summed E-state index contributed by atoms with van der Waals surface area (Å²) in [7, 11) is 0. The van der Waals surface area contributed by atoms with E-state index in [1.165, 1.54) is 56.9 Å². The maximum absolute atomic E-state index is 13.1. The zero-order valence-electron chi connectivity index (χ0n) is 25.4. The molecule has 0 spiro atoms. The van der Waals surface area contributed by atoms with Gasteiger partial charge in [0.05, 0.1) is 12.7 Å². The lowest BCUT2D eigenvalue weighted by atomic mass is 9.87. The van der Waals surface area contributed by atoms with Crippen LogP contribution in [0.2, 0.25) is 0 Å². The second-order valence-electron chi connectivity index (χ2n) is 12.2. The minimum atomic E-state index is -0.106. The molecular weight excluding hydrogens is 472 g/mol. The third-order valence-electron chi connectivity index (χ3n) is 7.85. The van der Waals surface area contributed by atoms with E-state index in [1.807, 2.05) is 12.1 Å². The predicted octanol–water partition coefficient (Wildman–Crippen LogP) is 7.74. The number of hydrogen-bond acceptors (Lipinski definition) is 4. The average Bonchev–Trinajstić information content (AvgIpc) is 2.92. The highest BCUT2D eigenvalue weighted by molar-refractivity contribution is 5.94. The summed E-state index contributed by atoms with van der Waals surface area (Å²) in [6.07, 6.45) is 14.4. The maximum Gasteiger partial charge on any atom is 0.251 e. The molecule has 0 aliphatic carbocycles. The molecule has 218 valence electrons. The Morgan fingerprint density at radius 2 is 1.58 bits per heavy atom. The van der Waals surface area contributed by atoms with Gasteiger partial charge in [-0.3, -0.25) is 9.69 Å². The summed E-state index contributed by atoms with van der Waals surface area (Å²) in [6.45, 7) is 16.1. The first-order chi connectivity index (χ1) is 18.3. The molecule has 5 heteroatoms. The third-order valence-corrected chi connectivity index (χ3v) is 7.85. The minimum absolute atomic E-state index is 0.0184. The number of rotatable bonds is 19. The first-order valence-corrected chi connectivity index (χ1v) is 15.7. The van der Waals surface area contributed by atoms with Crippen molar-refractivity contribution < 1.29 is 14.3 Å². The summed E-state index contributed by atoms with van der Waals surface area (Å²) in [5.74, 6) is 0.506. The first kappa shape index (κ1) is 32.8. The van der Waals surface area contributed by atoms with Crippen molar-refractivity contribution in [3.63, 3.8) is 0 Å². The molecule has 1 saturated heterocycles. The molecule has 2 rings (SSSR count). The van der Waals surface area contributed by atoms with E-state index >= 15 is 0 Å². The Kier molecular flexibility index (Phi) is 16.2. The Labute approximate surface area is 234 Å². The number of piperidine rings is 1. The molecule has 0 radical (unpaired) electrons. The highest BCUT2D eigenvalue weighted by Crippen LogP contribution is 2.31. The summed E-state index contributed by atoms with van der Waals surface area (Å²) >= 11 is 0. The van der Waals surface area contributed by atoms with E-state index in [-0.39, 0.29) is 17.6 Å². The number of likely N-dealkylation sites (tertiary alicyclic amines) is 1. The van der Waals surface area contributed by atoms with E-state index < -0.39 is 0 Å². The first-order valence-electron chi connectivity index (χ1n) is 15.7. The number of amides is 1. The summed E-state index contributed by atoms with van der Waals surface area (Å²) in [4.78, 5) is 15.6. The van der Waals surface area contributed by atoms with E-state index in [1.54, 1.807) is 0 Å². The molecule has 1 fully saturated rings. The van der Waals surface area contributed by atoms with Crippen molar-refractivity contribution in [1.82, 2.24) is 10.2 Å². The van der Waals surface area contributed by atoms with Gasteiger partial charge in [0.1, 0.15) is 0 Å². The molecule has 1 aromatic carbocycles. The number of unbranched alkanes of at least 4 members (excludes halogenated alkanes) is 8. The van der Waals surface area contributed by atoms with Gasteiger partial charge in [0.15, 0.2) is 0 Å². The smallest absolute Gasteiger partial charge is 0.251 e. The van der Waals surface area contributed by atoms with Gasteiger partial charge >= 0.3 is 0 Å². The van der Waals surface area contributed by atoms with E-state index in [2.05, 4.69) is 57.0 Å². The third kappa shape index (κ3) is 13.1. The number of nitrogens with one attached hydrogen (secondary N) is 1. The van der Waals surface area contributed by atoms with Gasteiger partial charge in [-0.1, -0.05) is 77.3 Å². The van der Waals surface area contributed by atoms with Gasteiger partial charge < -0.3 is 14.8 Å². The molecule has 38 heavy (non-hydrogen) atoms. The van der Waals surface area contributed by atoms with Crippen molar-refractivity contribution in [3.05, 3.63) is 35.4 Å². The zero-order valence-corrected chi connectivity index (χ0v) is 25.4. The fraction of sp³-hybridized carbons (Fsp3) is 0.788. The molecule has 1 aromatic rings. The SMILES string of the molecule is CCCCCCCOCC(CNC(=O)c1cccc(C2CCN(C(C)(C)C)CC2)c1)OCCCCCCC. The topological polar surface area (TPSA) is 50.8 Å². The summed E-state index contributed by atoms with van der Waals surface area (Å²) in [5.41, 5.74) is 2.26. The number of carbonyl (C=O) groups is 1. The molecule has 1 N–H and O–H groups in total. The van der Waals surface area contributed by atoms with Crippen molar-refractivity contribution in [2.75, 3.05) is 39.5 Å². The van der Waals surface area contributed by atoms with E-state index in [4.69, 9.17) is 9.47 Å². The highest BCUT2D eigenvalue weighted by Gasteiger charge is 2.27. The van der Waals surface area contributed by atoms with Crippen LogP contribution < -0.4 is 5.32 Å². The number of ether oxygens (including phenoxy) is 2.